The van der Waals surface area contributed by atoms with Gasteiger partial charge in [0.25, 0.3) is 0 Å². The smallest absolute Gasteiger partial charge is 0.244 e. The molecule has 3 heterocycles. The van der Waals surface area contributed by atoms with Gasteiger partial charge in [0.05, 0.1) is 17.3 Å². The third kappa shape index (κ3) is 2.29. The maximum atomic E-state index is 12.5. The minimum absolute atomic E-state index is 0.258. The minimum atomic E-state index is -3.47. The number of aromatic nitrogens is 3. The molecule has 0 saturated heterocycles. The van der Waals surface area contributed by atoms with Gasteiger partial charge in [-0.2, -0.15) is 4.31 Å². The largest absolute Gasteiger partial charge is 0.315 e. The second-order valence-electron chi connectivity index (χ2n) is 4.16. The normalized spacial score (nSPS) is 16.5. The van der Waals surface area contributed by atoms with Crippen molar-refractivity contribution in [2.24, 2.45) is 0 Å². The van der Waals surface area contributed by atoms with Gasteiger partial charge in [-0.25, -0.2) is 8.42 Å². The molecule has 2 aromatic rings. The molecular weight excluding hydrogens is 308 g/mol. The molecule has 1 aliphatic heterocycles. The Morgan fingerprint density at radius 2 is 2.26 bits per heavy atom. The number of hydrogen-bond acceptors (Lipinski definition) is 5. The van der Waals surface area contributed by atoms with Crippen molar-refractivity contribution >= 4 is 33.0 Å². The van der Waals surface area contributed by atoms with Crippen molar-refractivity contribution in [2.45, 2.75) is 23.9 Å². The van der Waals surface area contributed by atoms with Gasteiger partial charge in [0, 0.05) is 23.3 Å². The van der Waals surface area contributed by atoms with Crippen LogP contribution in [-0.4, -0.2) is 34.0 Å². The van der Waals surface area contributed by atoms with E-state index in [1.807, 2.05) is 4.57 Å². The summed E-state index contributed by atoms with van der Waals surface area (Å²) in [4.78, 5) is 1.15. The third-order valence-corrected chi connectivity index (χ3v) is 6.36. The van der Waals surface area contributed by atoms with Gasteiger partial charge in [0.1, 0.15) is 12.2 Å². The van der Waals surface area contributed by atoms with Crippen molar-refractivity contribution in [1.29, 1.82) is 0 Å². The molecule has 6 nitrogen and oxygen atoms in total. The van der Waals surface area contributed by atoms with Gasteiger partial charge >= 0.3 is 0 Å². The number of hydrogen-bond donors (Lipinski definition) is 0. The van der Waals surface area contributed by atoms with Gasteiger partial charge in [-0.15, -0.1) is 33.1 Å². The van der Waals surface area contributed by atoms with Crippen LogP contribution in [-0.2, 0) is 29.0 Å². The lowest BCUT2D eigenvalue weighted by molar-refractivity contribution is 0.335. The summed E-state index contributed by atoms with van der Waals surface area (Å²) >= 11 is 7.07. The van der Waals surface area contributed by atoms with E-state index in [1.165, 1.54) is 15.6 Å². The Kier molecular flexibility index (Phi) is 3.34. The summed E-state index contributed by atoms with van der Waals surface area (Å²) in [7, 11) is -3.47. The Morgan fingerprint density at radius 3 is 3.00 bits per heavy atom. The third-order valence-electron chi connectivity index (χ3n) is 3.00. The van der Waals surface area contributed by atoms with Crippen LogP contribution in [0.2, 0.25) is 0 Å². The maximum absolute atomic E-state index is 12.5. The zero-order valence-electron chi connectivity index (χ0n) is 9.86. The van der Waals surface area contributed by atoms with E-state index in [2.05, 4.69) is 10.2 Å². The molecule has 0 unspecified atom stereocenters. The van der Waals surface area contributed by atoms with Crippen LogP contribution in [0.1, 0.15) is 10.7 Å². The van der Waals surface area contributed by atoms with Crippen LogP contribution in [0.25, 0.3) is 0 Å². The van der Waals surface area contributed by atoms with E-state index in [1.54, 1.807) is 17.8 Å². The predicted octanol–water partition coefficient (Wildman–Crippen LogP) is 1.28. The van der Waals surface area contributed by atoms with Crippen LogP contribution in [0.3, 0.4) is 0 Å². The lowest BCUT2D eigenvalue weighted by atomic mass is 10.4. The van der Waals surface area contributed by atoms with Crippen molar-refractivity contribution in [2.75, 3.05) is 6.54 Å². The second kappa shape index (κ2) is 4.86. The average molecular weight is 319 g/mol. The molecule has 0 bridgehead atoms. The molecule has 0 saturated carbocycles. The molecule has 0 amide bonds. The number of rotatable bonds is 3. The molecule has 2 aromatic heterocycles. The quantitative estimate of drug-likeness (QED) is 0.800. The first kappa shape index (κ1) is 13.0. The molecule has 0 spiro atoms. The lowest BCUT2D eigenvalue weighted by Crippen LogP contribution is -2.38. The molecule has 0 N–H and O–H groups in total. The summed E-state index contributed by atoms with van der Waals surface area (Å²) < 4.78 is 28.3. The van der Waals surface area contributed by atoms with Crippen LogP contribution in [0.5, 0.6) is 0 Å². The van der Waals surface area contributed by atoms with Crippen molar-refractivity contribution in [3.05, 3.63) is 28.5 Å². The summed E-state index contributed by atoms with van der Waals surface area (Å²) in [5.41, 5.74) is 0. The van der Waals surface area contributed by atoms with E-state index in [0.717, 1.165) is 4.88 Å². The van der Waals surface area contributed by atoms with E-state index in [9.17, 15) is 8.42 Å². The first-order valence-corrected chi connectivity index (χ1v) is 8.47. The van der Waals surface area contributed by atoms with Gasteiger partial charge < -0.3 is 4.57 Å². The molecule has 0 atom stereocenters. The fraction of sp³-hybridized carbons (Fsp3) is 0.400. The Hall–Kier alpha value is -0.960. The number of sulfonamides is 1. The molecule has 0 fully saturated rings. The topological polar surface area (TPSA) is 68.1 Å². The molecule has 3 rings (SSSR count). The van der Waals surface area contributed by atoms with E-state index >= 15 is 0 Å². The molecule has 0 aromatic carbocycles. The van der Waals surface area contributed by atoms with Gasteiger partial charge in [-0.3, -0.25) is 0 Å². The number of halogens is 1. The van der Waals surface area contributed by atoms with Crippen LogP contribution >= 0.6 is 22.9 Å². The Morgan fingerprint density at radius 1 is 1.42 bits per heavy atom. The zero-order valence-corrected chi connectivity index (χ0v) is 12.2. The number of fused-ring (bicyclic) bond motifs is 1. The second-order valence-corrected chi connectivity index (χ2v) is 7.36. The van der Waals surface area contributed by atoms with Crippen LogP contribution in [0.4, 0.5) is 0 Å². The summed E-state index contributed by atoms with van der Waals surface area (Å²) in [6.07, 6.45) is 1.62. The van der Waals surface area contributed by atoms with Gasteiger partial charge in [-0.1, -0.05) is 0 Å². The van der Waals surface area contributed by atoms with Gasteiger partial charge in [0.2, 0.25) is 10.0 Å². The Bertz CT molecular complexity index is 694. The highest BCUT2D eigenvalue weighted by Crippen LogP contribution is 2.25. The van der Waals surface area contributed by atoms with Crippen molar-refractivity contribution in [3.8, 4) is 0 Å². The van der Waals surface area contributed by atoms with Gasteiger partial charge in [-0.05, 0) is 6.07 Å². The highest BCUT2D eigenvalue weighted by atomic mass is 35.5. The van der Waals surface area contributed by atoms with E-state index in [4.69, 9.17) is 11.6 Å². The summed E-state index contributed by atoms with van der Waals surface area (Å²) in [6.45, 7) is 1.27. The van der Waals surface area contributed by atoms with E-state index in [0.29, 0.717) is 29.7 Å². The van der Waals surface area contributed by atoms with E-state index < -0.39 is 10.0 Å². The Balaban J connectivity index is 1.89. The molecule has 1 aliphatic rings. The number of alkyl halides is 1. The molecule has 0 radical (unpaired) electrons. The summed E-state index contributed by atoms with van der Waals surface area (Å²) in [5.74, 6) is 0.997. The monoisotopic (exact) mass is 318 g/mol. The standard InChI is InChI=1S/C10H11ClN4O2S2/c11-4-8-3-9(6-18-8)19(16,17)15-2-1-14-7-12-13-10(14)5-15/h3,6-7H,1-2,4-5H2. The van der Waals surface area contributed by atoms with E-state index in [-0.39, 0.29) is 6.54 Å². The van der Waals surface area contributed by atoms with Crippen LogP contribution in [0.15, 0.2) is 22.7 Å². The average Bonchev–Trinajstić information content (AvgIpc) is 3.06. The van der Waals surface area contributed by atoms with Gasteiger partial charge in [0.15, 0.2) is 0 Å². The first-order chi connectivity index (χ1) is 9.11. The van der Waals surface area contributed by atoms with Crippen molar-refractivity contribution < 1.29 is 8.42 Å². The molecular formula is C10H11ClN4O2S2. The molecule has 19 heavy (non-hydrogen) atoms. The first-order valence-electron chi connectivity index (χ1n) is 5.61. The summed E-state index contributed by atoms with van der Waals surface area (Å²) in [6, 6.07) is 1.63. The van der Waals surface area contributed by atoms with Crippen molar-refractivity contribution in [3.63, 3.8) is 0 Å². The molecule has 9 heteroatoms. The fourth-order valence-corrected chi connectivity index (χ4v) is 4.73. The van der Waals surface area contributed by atoms with Crippen molar-refractivity contribution in [1.82, 2.24) is 19.1 Å². The summed E-state index contributed by atoms with van der Waals surface area (Å²) in [5, 5.41) is 9.34. The minimum Gasteiger partial charge on any atom is -0.315 e. The zero-order chi connectivity index (χ0) is 13.5. The fourth-order valence-electron chi connectivity index (χ4n) is 1.96. The number of nitrogens with zero attached hydrogens (tertiary/aromatic N) is 4. The maximum Gasteiger partial charge on any atom is 0.244 e. The van der Waals surface area contributed by atoms with Crippen LogP contribution in [0, 0.1) is 0 Å². The lowest BCUT2D eigenvalue weighted by Gasteiger charge is -2.25. The molecule has 0 aliphatic carbocycles. The highest BCUT2D eigenvalue weighted by molar-refractivity contribution is 7.89. The number of thiophene rings is 1. The highest BCUT2D eigenvalue weighted by Gasteiger charge is 2.29. The van der Waals surface area contributed by atoms with Crippen LogP contribution < -0.4 is 0 Å². The molecule has 102 valence electrons. The SMILES string of the molecule is O=S(=O)(c1csc(CCl)c1)N1CCn2cnnc2C1. The predicted molar refractivity (Wildman–Crippen MR) is 71.5 cm³/mol. The Labute approximate surface area is 119 Å².